The molecule has 0 aliphatic carbocycles. The summed E-state index contributed by atoms with van der Waals surface area (Å²) in [7, 11) is 5.55. The molecule has 1 heterocycles. The summed E-state index contributed by atoms with van der Waals surface area (Å²) in [6.07, 6.45) is 0.776. The molecule has 3 aromatic carbocycles. The predicted octanol–water partition coefficient (Wildman–Crippen LogP) is 6.19. The van der Waals surface area contributed by atoms with Crippen molar-refractivity contribution in [2.24, 2.45) is 0 Å². The minimum absolute atomic E-state index is 0.297. The minimum atomic E-state index is -1.23. The lowest BCUT2D eigenvalue weighted by Gasteiger charge is -2.32. The molecule has 176 valence electrons. The van der Waals surface area contributed by atoms with E-state index in [4.69, 9.17) is 4.74 Å². The van der Waals surface area contributed by atoms with Gasteiger partial charge in [0.05, 0.1) is 18.2 Å². The maximum Gasteiger partial charge on any atom is 0.216 e. The van der Waals surface area contributed by atoms with E-state index in [2.05, 4.69) is 20.9 Å². The third-order valence-electron chi connectivity index (χ3n) is 6.03. The van der Waals surface area contributed by atoms with E-state index in [1.54, 1.807) is 13.2 Å². The van der Waals surface area contributed by atoms with E-state index in [1.807, 2.05) is 73.6 Å². The lowest BCUT2D eigenvalue weighted by atomic mass is 9.80. The fraction of sp³-hybridized carbons (Fsp3) is 0.250. The number of halogens is 2. The molecule has 0 aliphatic heterocycles. The second-order valence-electron chi connectivity index (χ2n) is 8.81. The number of rotatable bonds is 8. The highest BCUT2D eigenvalue weighted by Crippen LogP contribution is 2.39. The molecule has 0 spiro atoms. The van der Waals surface area contributed by atoms with E-state index in [-0.39, 0.29) is 5.82 Å². The molecular weight excluding hydrogens is 495 g/mol. The fourth-order valence-corrected chi connectivity index (χ4v) is 4.69. The summed E-state index contributed by atoms with van der Waals surface area (Å²) >= 11 is 3.53. The number of methoxy groups -OCH3 is 1. The van der Waals surface area contributed by atoms with Crippen molar-refractivity contribution in [1.82, 2.24) is 9.88 Å². The van der Waals surface area contributed by atoms with E-state index in [0.29, 0.717) is 25.3 Å². The van der Waals surface area contributed by atoms with Crippen LogP contribution in [0.25, 0.3) is 22.0 Å². The van der Waals surface area contributed by atoms with Crippen LogP contribution in [0.2, 0.25) is 0 Å². The summed E-state index contributed by atoms with van der Waals surface area (Å²) in [4.78, 5) is 6.73. The first-order chi connectivity index (χ1) is 16.3. The second kappa shape index (κ2) is 10.2. The highest BCUT2D eigenvalue weighted by atomic mass is 79.9. The Morgan fingerprint density at radius 3 is 2.56 bits per heavy atom. The van der Waals surface area contributed by atoms with Gasteiger partial charge in [0.25, 0.3) is 0 Å². The number of ether oxygens (including phenoxy) is 1. The Hall–Kier alpha value is -2.80. The standard InChI is InChI=1S/C28H28BrFN2O2/c1-32(2)14-13-28(33,25-10-5-4-9-24(25)19-7-6-8-23(30)17-19)18-21-15-20-16-22(29)11-12-26(20)31-27(21)34-3/h4-12,15-17,33H,13-14,18H2,1-3H3. The molecular formula is C28H28BrFN2O2. The predicted molar refractivity (Wildman–Crippen MR) is 139 cm³/mol. The third kappa shape index (κ3) is 5.30. The molecule has 0 bridgehead atoms. The van der Waals surface area contributed by atoms with Gasteiger partial charge in [0.2, 0.25) is 5.88 Å². The number of hydrogen-bond acceptors (Lipinski definition) is 4. The number of hydrogen-bond donors (Lipinski definition) is 1. The van der Waals surface area contributed by atoms with Crippen LogP contribution in [0.1, 0.15) is 17.5 Å². The van der Waals surface area contributed by atoms with E-state index in [1.165, 1.54) is 12.1 Å². The Labute approximate surface area is 208 Å². The van der Waals surface area contributed by atoms with Gasteiger partial charge in [-0.25, -0.2) is 9.37 Å². The zero-order valence-electron chi connectivity index (χ0n) is 19.6. The van der Waals surface area contributed by atoms with Gasteiger partial charge in [0.15, 0.2) is 0 Å². The fourth-order valence-electron chi connectivity index (χ4n) is 4.32. The van der Waals surface area contributed by atoms with E-state index in [9.17, 15) is 9.50 Å². The van der Waals surface area contributed by atoms with Crippen molar-refractivity contribution in [3.05, 3.63) is 94.2 Å². The zero-order valence-corrected chi connectivity index (χ0v) is 21.1. The smallest absolute Gasteiger partial charge is 0.216 e. The van der Waals surface area contributed by atoms with Crippen LogP contribution in [0, 0.1) is 5.82 Å². The van der Waals surface area contributed by atoms with Crippen LogP contribution < -0.4 is 4.74 Å². The van der Waals surface area contributed by atoms with Crippen molar-refractivity contribution in [2.75, 3.05) is 27.7 Å². The van der Waals surface area contributed by atoms with Gasteiger partial charge < -0.3 is 14.7 Å². The monoisotopic (exact) mass is 522 g/mol. The first kappa shape index (κ1) is 24.3. The number of aromatic nitrogens is 1. The molecule has 4 aromatic rings. The average molecular weight is 523 g/mol. The SMILES string of the molecule is COc1nc2ccc(Br)cc2cc1CC(O)(CCN(C)C)c1ccccc1-c1cccc(F)c1. The second-order valence-corrected chi connectivity index (χ2v) is 9.73. The average Bonchev–Trinajstić information content (AvgIpc) is 2.82. The first-order valence-corrected chi connectivity index (χ1v) is 11.9. The van der Waals surface area contributed by atoms with Crippen LogP contribution >= 0.6 is 15.9 Å². The van der Waals surface area contributed by atoms with Crippen LogP contribution in [-0.4, -0.2) is 42.7 Å². The van der Waals surface area contributed by atoms with Crippen LogP contribution in [0.15, 0.2) is 77.3 Å². The molecule has 0 aliphatic rings. The van der Waals surface area contributed by atoms with Crippen LogP contribution in [-0.2, 0) is 12.0 Å². The van der Waals surface area contributed by atoms with E-state index in [0.717, 1.165) is 37.6 Å². The van der Waals surface area contributed by atoms with Crippen molar-refractivity contribution >= 4 is 26.8 Å². The van der Waals surface area contributed by atoms with Crippen LogP contribution in [0.4, 0.5) is 4.39 Å². The summed E-state index contributed by atoms with van der Waals surface area (Å²) in [5, 5.41) is 13.2. The summed E-state index contributed by atoms with van der Waals surface area (Å²) in [6, 6.07) is 22.1. The van der Waals surface area contributed by atoms with Gasteiger partial charge in [-0.3, -0.25) is 0 Å². The van der Waals surface area contributed by atoms with Gasteiger partial charge in [0, 0.05) is 28.4 Å². The largest absolute Gasteiger partial charge is 0.481 e. The van der Waals surface area contributed by atoms with Gasteiger partial charge in [-0.05, 0) is 73.6 Å². The molecule has 0 radical (unpaired) electrons. The highest BCUT2D eigenvalue weighted by molar-refractivity contribution is 9.10. The molecule has 1 N–H and O–H groups in total. The van der Waals surface area contributed by atoms with Crippen LogP contribution in [0.3, 0.4) is 0 Å². The van der Waals surface area contributed by atoms with E-state index < -0.39 is 5.60 Å². The molecule has 0 saturated heterocycles. The molecule has 1 unspecified atom stereocenters. The third-order valence-corrected chi connectivity index (χ3v) is 6.52. The van der Waals surface area contributed by atoms with Crippen molar-refractivity contribution < 1.29 is 14.2 Å². The molecule has 0 fully saturated rings. The topological polar surface area (TPSA) is 45.6 Å². The Balaban J connectivity index is 1.85. The number of aliphatic hydroxyl groups is 1. The van der Waals surface area contributed by atoms with Crippen molar-refractivity contribution in [1.29, 1.82) is 0 Å². The summed E-state index contributed by atoms with van der Waals surface area (Å²) in [5.74, 6) is 0.177. The maximum atomic E-state index is 14.1. The molecule has 0 saturated carbocycles. The quantitative estimate of drug-likeness (QED) is 0.299. The number of benzene rings is 3. The number of fused-ring (bicyclic) bond motifs is 1. The lowest BCUT2D eigenvalue weighted by Crippen LogP contribution is -2.33. The van der Waals surface area contributed by atoms with E-state index >= 15 is 0 Å². The van der Waals surface area contributed by atoms with Crippen molar-refractivity contribution in [3.8, 4) is 17.0 Å². The molecule has 4 rings (SSSR count). The Bertz CT molecular complexity index is 1310. The Morgan fingerprint density at radius 1 is 1.03 bits per heavy atom. The minimum Gasteiger partial charge on any atom is -0.481 e. The Morgan fingerprint density at radius 2 is 1.82 bits per heavy atom. The van der Waals surface area contributed by atoms with Gasteiger partial charge in [-0.1, -0.05) is 52.3 Å². The van der Waals surface area contributed by atoms with Gasteiger partial charge >= 0.3 is 0 Å². The molecule has 4 nitrogen and oxygen atoms in total. The van der Waals surface area contributed by atoms with Gasteiger partial charge in [0.1, 0.15) is 5.82 Å². The maximum absolute atomic E-state index is 14.1. The van der Waals surface area contributed by atoms with Gasteiger partial charge in [-0.15, -0.1) is 0 Å². The Kier molecular flexibility index (Phi) is 7.31. The van der Waals surface area contributed by atoms with Crippen LogP contribution in [0.5, 0.6) is 5.88 Å². The zero-order chi connectivity index (χ0) is 24.3. The molecule has 0 amide bonds. The highest BCUT2D eigenvalue weighted by Gasteiger charge is 2.33. The summed E-state index contributed by atoms with van der Waals surface area (Å²) < 4.78 is 20.6. The van der Waals surface area contributed by atoms with Crippen molar-refractivity contribution in [3.63, 3.8) is 0 Å². The number of pyridine rings is 1. The number of nitrogens with zero attached hydrogens (tertiary/aromatic N) is 2. The molecule has 1 atom stereocenters. The van der Waals surface area contributed by atoms with Crippen molar-refractivity contribution in [2.45, 2.75) is 18.4 Å². The summed E-state index contributed by atoms with van der Waals surface area (Å²) in [5.41, 5.74) is 2.68. The molecule has 6 heteroatoms. The molecule has 34 heavy (non-hydrogen) atoms. The van der Waals surface area contributed by atoms with Gasteiger partial charge in [-0.2, -0.15) is 0 Å². The normalized spacial score (nSPS) is 13.3. The summed E-state index contributed by atoms with van der Waals surface area (Å²) in [6.45, 7) is 0.670. The molecule has 1 aromatic heterocycles. The lowest BCUT2D eigenvalue weighted by molar-refractivity contribution is 0.0212. The first-order valence-electron chi connectivity index (χ1n) is 11.1.